The summed E-state index contributed by atoms with van der Waals surface area (Å²) in [5, 5.41) is 1.01. The highest BCUT2D eigenvalue weighted by Gasteiger charge is 2.34. The van der Waals surface area contributed by atoms with Crippen LogP contribution in [0, 0.1) is 0 Å². The van der Waals surface area contributed by atoms with E-state index >= 15 is 0 Å². The average molecular weight is 434 g/mol. The first kappa shape index (κ1) is 19.3. The van der Waals surface area contributed by atoms with Crippen molar-refractivity contribution < 1.29 is 31.1 Å². The fourth-order valence-electron chi connectivity index (χ4n) is 2.70. The Balaban J connectivity index is 0.00000242. The Morgan fingerprint density at radius 3 is 2.00 bits per heavy atom. The second-order valence-corrected chi connectivity index (χ2v) is 6.88. The fraction of sp³-hybridized carbons (Fsp3) is 0.500. The molecule has 0 unspecified atom stereocenters. The largest absolute Gasteiger partial charge is 1.00 e. The normalized spacial score (nSPS) is 14.0. The molecular weight excluding hydrogens is 412 g/mol. The standard InChI is InChI=1S/C16H22BrN2O2.BrH/c1-19(2,11-5-9-17)12-6-10-18-15(20)13-7-3-4-8-14(13)16(18)21;/h3-4,7-8H,5-6,9-12H2,1-2H3;1H/q+1;/p-1. The summed E-state index contributed by atoms with van der Waals surface area (Å²) in [7, 11) is 4.37. The maximum Gasteiger partial charge on any atom is 0.261 e. The number of quaternary nitrogens is 1. The van der Waals surface area contributed by atoms with Gasteiger partial charge in [-0.3, -0.25) is 14.5 Å². The van der Waals surface area contributed by atoms with Crippen LogP contribution in [0.15, 0.2) is 24.3 Å². The van der Waals surface area contributed by atoms with Gasteiger partial charge in [0.25, 0.3) is 11.8 Å². The van der Waals surface area contributed by atoms with Crippen molar-refractivity contribution in [1.82, 2.24) is 4.90 Å². The van der Waals surface area contributed by atoms with Gasteiger partial charge in [0.1, 0.15) is 0 Å². The third-order valence-electron chi connectivity index (χ3n) is 3.92. The van der Waals surface area contributed by atoms with Crippen molar-refractivity contribution in [2.24, 2.45) is 0 Å². The van der Waals surface area contributed by atoms with Crippen molar-refractivity contribution in [2.45, 2.75) is 12.8 Å². The lowest BCUT2D eigenvalue weighted by molar-refractivity contribution is -0.890. The molecule has 1 heterocycles. The van der Waals surface area contributed by atoms with Crippen LogP contribution < -0.4 is 17.0 Å². The molecule has 2 rings (SSSR count). The Bertz CT molecular complexity index is 512. The van der Waals surface area contributed by atoms with E-state index in [1.807, 2.05) is 0 Å². The topological polar surface area (TPSA) is 37.4 Å². The molecule has 122 valence electrons. The molecule has 1 aliphatic rings. The zero-order valence-corrected chi connectivity index (χ0v) is 16.2. The third-order valence-corrected chi connectivity index (χ3v) is 4.48. The van der Waals surface area contributed by atoms with Gasteiger partial charge in [0.2, 0.25) is 0 Å². The number of hydrogen-bond donors (Lipinski definition) is 0. The first-order valence-electron chi connectivity index (χ1n) is 7.29. The molecule has 0 aliphatic carbocycles. The van der Waals surface area contributed by atoms with Gasteiger partial charge in [-0.15, -0.1) is 0 Å². The molecule has 0 saturated carbocycles. The van der Waals surface area contributed by atoms with Crippen molar-refractivity contribution >= 4 is 27.7 Å². The van der Waals surface area contributed by atoms with Gasteiger partial charge < -0.3 is 21.5 Å². The number of halogens is 2. The Morgan fingerprint density at radius 1 is 1.00 bits per heavy atom. The lowest BCUT2D eigenvalue weighted by Crippen LogP contribution is -3.00. The van der Waals surface area contributed by atoms with Crippen LogP contribution in [-0.2, 0) is 0 Å². The molecule has 6 heteroatoms. The van der Waals surface area contributed by atoms with E-state index in [1.165, 1.54) is 4.90 Å². The summed E-state index contributed by atoms with van der Waals surface area (Å²) >= 11 is 3.45. The Kier molecular flexibility index (Phi) is 7.22. The number of hydrogen-bond acceptors (Lipinski definition) is 2. The molecule has 4 nitrogen and oxygen atoms in total. The molecule has 0 N–H and O–H groups in total. The smallest absolute Gasteiger partial charge is 0.261 e. The minimum atomic E-state index is -0.152. The Labute approximate surface area is 151 Å². The lowest BCUT2D eigenvalue weighted by Gasteiger charge is -2.30. The second-order valence-electron chi connectivity index (χ2n) is 6.09. The van der Waals surface area contributed by atoms with Gasteiger partial charge in [-0.05, 0) is 12.1 Å². The van der Waals surface area contributed by atoms with Crippen LogP contribution in [0.4, 0.5) is 0 Å². The van der Waals surface area contributed by atoms with Gasteiger partial charge in [-0.1, -0.05) is 28.1 Å². The number of benzene rings is 1. The van der Waals surface area contributed by atoms with E-state index in [-0.39, 0.29) is 28.8 Å². The van der Waals surface area contributed by atoms with Crippen molar-refractivity contribution in [3.63, 3.8) is 0 Å². The quantitative estimate of drug-likeness (QED) is 0.331. The molecule has 0 atom stereocenters. The van der Waals surface area contributed by atoms with Crippen LogP contribution in [0.25, 0.3) is 0 Å². The number of carbonyl (C=O) groups excluding carboxylic acids is 2. The SMILES string of the molecule is C[N+](C)(CCCBr)CCCN1C(=O)c2ccccc2C1=O.[Br-]. The summed E-state index contributed by atoms with van der Waals surface area (Å²) < 4.78 is 0.911. The highest BCUT2D eigenvalue weighted by Crippen LogP contribution is 2.22. The minimum absolute atomic E-state index is 0. The Hall–Kier alpha value is -0.720. The van der Waals surface area contributed by atoms with Crippen molar-refractivity contribution in [1.29, 1.82) is 0 Å². The first-order chi connectivity index (χ1) is 9.96. The number of rotatable bonds is 7. The summed E-state index contributed by atoms with van der Waals surface area (Å²) in [6, 6.07) is 7.05. The third kappa shape index (κ3) is 4.40. The maximum atomic E-state index is 12.2. The number of nitrogens with zero attached hydrogens (tertiary/aromatic N) is 2. The molecule has 0 spiro atoms. The van der Waals surface area contributed by atoms with E-state index in [0.29, 0.717) is 17.7 Å². The molecule has 0 fully saturated rings. The highest BCUT2D eigenvalue weighted by molar-refractivity contribution is 9.09. The molecule has 1 aromatic carbocycles. The zero-order chi connectivity index (χ0) is 15.5. The summed E-state index contributed by atoms with van der Waals surface area (Å²) in [5.41, 5.74) is 1.08. The molecule has 2 amide bonds. The van der Waals surface area contributed by atoms with Crippen LogP contribution >= 0.6 is 15.9 Å². The van der Waals surface area contributed by atoms with E-state index in [9.17, 15) is 9.59 Å². The van der Waals surface area contributed by atoms with Gasteiger partial charge in [-0.25, -0.2) is 0 Å². The predicted molar refractivity (Wildman–Crippen MR) is 86.7 cm³/mol. The monoisotopic (exact) mass is 432 g/mol. The molecule has 0 saturated heterocycles. The molecule has 0 bridgehead atoms. The molecule has 1 aliphatic heterocycles. The number of alkyl halides is 1. The van der Waals surface area contributed by atoms with Gasteiger partial charge in [0, 0.05) is 24.7 Å². The number of imide groups is 1. The zero-order valence-electron chi connectivity index (χ0n) is 13.0. The van der Waals surface area contributed by atoms with Gasteiger partial charge in [0.15, 0.2) is 0 Å². The number of carbonyl (C=O) groups is 2. The minimum Gasteiger partial charge on any atom is -1.00 e. The summed E-state index contributed by atoms with van der Waals surface area (Å²) in [4.78, 5) is 25.8. The Morgan fingerprint density at radius 2 is 1.50 bits per heavy atom. The molecule has 22 heavy (non-hydrogen) atoms. The molecule has 0 aromatic heterocycles. The van der Waals surface area contributed by atoms with Crippen LogP contribution in [0.3, 0.4) is 0 Å². The summed E-state index contributed by atoms with van der Waals surface area (Å²) in [6.07, 6.45) is 1.96. The fourth-order valence-corrected chi connectivity index (χ4v) is 2.95. The lowest BCUT2D eigenvalue weighted by atomic mass is 10.1. The molecular formula is C16H22Br2N2O2. The van der Waals surface area contributed by atoms with Crippen LogP contribution in [0.1, 0.15) is 33.6 Å². The number of amides is 2. The van der Waals surface area contributed by atoms with E-state index in [0.717, 1.165) is 35.7 Å². The van der Waals surface area contributed by atoms with Crippen molar-refractivity contribution in [3.8, 4) is 0 Å². The molecule has 0 radical (unpaired) electrons. The van der Waals surface area contributed by atoms with Gasteiger partial charge in [0.05, 0.1) is 38.3 Å². The van der Waals surface area contributed by atoms with E-state index in [2.05, 4.69) is 30.0 Å². The molecule has 1 aromatic rings. The van der Waals surface area contributed by atoms with Crippen molar-refractivity contribution in [2.75, 3.05) is 39.1 Å². The highest BCUT2D eigenvalue weighted by atomic mass is 79.9. The van der Waals surface area contributed by atoms with Crippen molar-refractivity contribution in [3.05, 3.63) is 35.4 Å². The van der Waals surface area contributed by atoms with Gasteiger partial charge in [-0.2, -0.15) is 0 Å². The number of fused-ring (bicyclic) bond motifs is 1. The van der Waals surface area contributed by atoms with E-state index in [1.54, 1.807) is 24.3 Å². The van der Waals surface area contributed by atoms with E-state index < -0.39 is 0 Å². The summed E-state index contributed by atoms with van der Waals surface area (Å²) in [5.74, 6) is -0.303. The predicted octanol–water partition coefficient (Wildman–Crippen LogP) is -0.462. The maximum absolute atomic E-state index is 12.2. The average Bonchev–Trinajstić information content (AvgIpc) is 2.71. The van der Waals surface area contributed by atoms with Crippen LogP contribution in [0.5, 0.6) is 0 Å². The van der Waals surface area contributed by atoms with Crippen LogP contribution in [-0.4, -0.2) is 60.3 Å². The second kappa shape index (κ2) is 8.22. The van der Waals surface area contributed by atoms with Gasteiger partial charge >= 0.3 is 0 Å². The summed E-state index contributed by atoms with van der Waals surface area (Å²) in [6.45, 7) is 2.55. The van der Waals surface area contributed by atoms with E-state index in [4.69, 9.17) is 0 Å². The van der Waals surface area contributed by atoms with Crippen LogP contribution in [0.2, 0.25) is 0 Å². The first-order valence-corrected chi connectivity index (χ1v) is 8.41.